The van der Waals surface area contributed by atoms with E-state index in [-0.39, 0.29) is 6.42 Å². The number of hydrogen-bond donors (Lipinski definition) is 1. The van der Waals surface area contributed by atoms with E-state index in [1.807, 2.05) is 0 Å². The molecule has 0 radical (unpaired) electrons. The zero-order valence-electron chi connectivity index (χ0n) is 5.16. The molecule has 1 rings (SSSR count). The molecule has 4 heteroatoms. The zero-order valence-corrected chi connectivity index (χ0v) is 5.97. The van der Waals surface area contributed by atoms with Crippen LogP contribution >= 0.6 is 11.8 Å². The van der Waals surface area contributed by atoms with Crippen molar-refractivity contribution in [3.05, 3.63) is 0 Å². The lowest BCUT2D eigenvalue weighted by atomic mass is 10.3. The van der Waals surface area contributed by atoms with E-state index < -0.39 is 11.3 Å². The summed E-state index contributed by atoms with van der Waals surface area (Å²) < 4.78 is 25.1. The zero-order chi connectivity index (χ0) is 6.91. The van der Waals surface area contributed by atoms with Gasteiger partial charge in [-0.05, 0) is 6.26 Å². The summed E-state index contributed by atoms with van der Waals surface area (Å²) >= 11 is 1.18. The molecule has 0 aromatic rings. The van der Waals surface area contributed by atoms with Gasteiger partial charge in [0.05, 0.1) is 0 Å². The number of hydrogen-bond acceptors (Lipinski definition) is 2. The number of alkyl halides is 2. The van der Waals surface area contributed by atoms with Gasteiger partial charge in [-0.25, -0.2) is 8.78 Å². The summed E-state index contributed by atoms with van der Waals surface area (Å²) in [6.07, 6.45) is 1.68. The van der Waals surface area contributed by atoms with Crippen molar-refractivity contribution >= 4 is 11.8 Å². The van der Waals surface area contributed by atoms with E-state index in [0.717, 1.165) is 0 Å². The van der Waals surface area contributed by atoms with Gasteiger partial charge in [-0.15, -0.1) is 11.8 Å². The molecule has 1 saturated heterocycles. The van der Waals surface area contributed by atoms with Gasteiger partial charge in [0.15, 0.2) is 0 Å². The Morgan fingerprint density at radius 3 is 2.56 bits per heavy atom. The Labute approximate surface area is 57.2 Å². The van der Waals surface area contributed by atoms with Crippen LogP contribution in [0.25, 0.3) is 0 Å². The van der Waals surface area contributed by atoms with Crippen LogP contribution in [-0.4, -0.2) is 24.1 Å². The third kappa shape index (κ3) is 1.35. The molecule has 0 spiro atoms. The number of thioether (sulfide) groups is 1. The number of rotatable bonds is 1. The van der Waals surface area contributed by atoms with Crippen LogP contribution in [0.2, 0.25) is 0 Å². The highest BCUT2D eigenvalue weighted by Crippen LogP contribution is 2.32. The predicted octanol–water partition coefficient (Wildman–Crippen LogP) is 1.30. The molecule has 0 amide bonds. The quantitative estimate of drug-likeness (QED) is 0.609. The summed E-state index contributed by atoms with van der Waals surface area (Å²) in [5.41, 5.74) is 0. The first kappa shape index (κ1) is 7.28. The van der Waals surface area contributed by atoms with Gasteiger partial charge in [0.2, 0.25) is 0 Å². The summed E-state index contributed by atoms with van der Waals surface area (Å²) in [5, 5.41) is 2.05. The SMILES string of the molecule is CS[C@@H]1NCCC1(F)F. The van der Waals surface area contributed by atoms with Crippen LogP contribution in [0.5, 0.6) is 0 Å². The Balaban J connectivity index is 2.52. The second-order valence-electron chi connectivity index (χ2n) is 2.08. The molecule has 1 nitrogen and oxygen atoms in total. The summed E-state index contributed by atoms with van der Waals surface area (Å²) in [4.78, 5) is 0. The molecule has 0 unspecified atom stereocenters. The summed E-state index contributed by atoms with van der Waals surface area (Å²) in [6.45, 7) is 0.443. The smallest absolute Gasteiger partial charge is 0.273 e. The van der Waals surface area contributed by atoms with Crippen LogP contribution in [-0.2, 0) is 0 Å². The Hall–Kier alpha value is 0.170. The van der Waals surface area contributed by atoms with Crippen molar-refractivity contribution in [1.29, 1.82) is 0 Å². The molecule has 0 aliphatic carbocycles. The highest BCUT2D eigenvalue weighted by Gasteiger charge is 2.43. The molecule has 0 bridgehead atoms. The summed E-state index contributed by atoms with van der Waals surface area (Å²) in [6, 6.07) is 0. The van der Waals surface area contributed by atoms with Gasteiger partial charge < -0.3 is 5.32 Å². The van der Waals surface area contributed by atoms with Gasteiger partial charge in [0.25, 0.3) is 5.92 Å². The third-order valence-corrected chi connectivity index (χ3v) is 2.39. The standard InChI is InChI=1S/C5H9F2NS/c1-9-4-5(6,7)2-3-8-4/h4,8H,2-3H2,1H3/t4-/m0/s1. The normalized spacial score (nSPS) is 33.0. The summed E-state index contributed by atoms with van der Waals surface area (Å²) in [5.74, 6) is -2.49. The van der Waals surface area contributed by atoms with Crippen LogP contribution in [0, 0.1) is 0 Å². The van der Waals surface area contributed by atoms with E-state index >= 15 is 0 Å². The van der Waals surface area contributed by atoms with Crippen molar-refractivity contribution in [2.45, 2.75) is 17.7 Å². The number of halogens is 2. The minimum absolute atomic E-state index is 0.0154. The largest absolute Gasteiger partial charge is 0.300 e. The molecular weight excluding hydrogens is 144 g/mol. The molecule has 1 N–H and O–H groups in total. The van der Waals surface area contributed by atoms with Crippen LogP contribution in [0.4, 0.5) is 8.78 Å². The van der Waals surface area contributed by atoms with E-state index in [0.29, 0.717) is 6.54 Å². The Morgan fingerprint density at radius 2 is 2.33 bits per heavy atom. The van der Waals surface area contributed by atoms with Gasteiger partial charge in [-0.1, -0.05) is 0 Å². The lowest BCUT2D eigenvalue weighted by molar-refractivity contribution is 0.0140. The summed E-state index contributed by atoms with van der Waals surface area (Å²) in [7, 11) is 0. The second kappa shape index (κ2) is 2.42. The van der Waals surface area contributed by atoms with Crippen LogP contribution in [0.15, 0.2) is 0 Å². The van der Waals surface area contributed by atoms with Gasteiger partial charge in [0.1, 0.15) is 5.37 Å². The maximum Gasteiger partial charge on any atom is 0.273 e. The molecule has 1 aliphatic rings. The monoisotopic (exact) mass is 153 g/mol. The third-order valence-electron chi connectivity index (χ3n) is 1.41. The van der Waals surface area contributed by atoms with Crippen molar-refractivity contribution in [3.63, 3.8) is 0 Å². The molecule has 1 aliphatic heterocycles. The molecule has 1 fully saturated rings. The first-order chi connectivity index (χ1) is 4.17. The lowest BCUT2D eigenvalue weighted by Gasteiger charge is -2.15. The maximum atomic E-state index is 12.5. The van der Waals surface area contributed by atoms with Crippen molar-refractivity contribution in [3.8, 4) is 0 Å². The van der Waals surface area contributed by atoms with E-state index in [1.165, 1.54) is 11.8 Å². The van der Waals surface area contributed by atoms with Gasteiger partial charge in [-0.3, -0.25) is 0 Å². The Bertz CT molecular complexity index is 107. The minimum Gasteiger partial charge on any atom is -0.300 e. The molecule has 9 heavy (non-hydrogen) atoms. The Morgan fingerprint density at radius 1 is 1.67 bits per heavy atom. The van der Waals surface area contributed by atoms with E-state index in [9.17, 15) is 8.78 Å². The van der Waals surface area contributed by atoms with Crippen molar-refractivity contribution in [2.75, 3.05) is 12.8 Å². The van der Waals surface area contributed by atoms with Crippen molar-refractivity contribution < 1.29 is 8.78 Å². The molecule has 0 aromatic heterocycles. The first-order valence-electron chi connectivity index (χ1n) is 2.81. The highest BCUT2D eigenvalue weighted by molar-refractivity contribution is 7.99. The average Bonchev–Trinajstić information content (AvgIpc) is 2.08. The van der Waals surface area contributed by atoms with Gasteiger partial charge >= 0.3 is 0 Å². The predicted molar refractivity (Wildman–Crippen MR) is 34.9 cm³/mol. The fourth-order valence-corrected chi connectivity index (χ4v) is 1.65. The van der Waals surface area contributed by atoms with Crippen molar-refractivity contribution in [1.82, 2.24) is 5.32 Å². The molecule has 0 aromatic carbocycles. The number of nitrogens with one attached hydrogen (secondary N) is 1. The van der Waals surface area contributed by atoms with Crippen LogP contribution < -0.4 is 5.32 Å². The van der Waals surface area contributed by atoms with Gasteiger partial charge in [-0.2, -0.15) is 0 Å². The van der Waals surface area contributed by atoms with Gasteiger partial charge in [0, 0.05) is 13.0 Å². The molecule has 54 valence electrons. The fraction of sp³-hybridized carbons (Fsp3) is 1.00. The molecule has 1 atom stereocenters. The van der Waals surface area contributed by atoms with Crippen molar-refractivity contribution in [2.24, 2.45) is 0 Å². The van der Waals surface area contributed by atoms with E-state index in [1.54, 1.807) is 6.26 Å². The molecular formula is C5H9F2NS. The topological polar surface area (TPSA) is 12.0 Å². The van der Waals surface area contributed by atoms with Crippen LogP contribution in [0.1, 0.15) is 6.42 Å². The molecule has 1 heterocycles. The lowest BCUT2D eigenvalue weighted by Crippen LogP contribution is -2.31. The van der Waals surface area contributed by atoms with Crippen LogP contribution in [0.3, 0.4) is 0 Å². The first-order valence-corrected chi connectivity index (χ1v) is 4.09. The molecule has 0 saturated carbocycles. The average molecular weight is 153 g/mol. The fourth-order valence-electron chi connectivity index (χ4n) is 0.906. The van der Waals surface area contributed by atoms with E-state index in [2.05, 4.69) is 5.32 Å². The minimum atomic E-state index is -2.49. The maximum absolute atomic E-state index is 12.5. The Kier molecular flexibility index (Phi) is 1.96. The highest BCUT2D eigenvalue weighted by atomic mass is 32.2. The second-order valence-corrected chi connectivity index (χ2v) is 3.02. The van der Waals surface area contributed by atoms with E-state index in [4.69, 9.17) is 0 Å².